The Morgan fingerprint density at radius 1 is 0.840 bits per heavy atom. The van der Waals surface area contributed by atoms with Crippen LogP contribution in [0.2, 0.25) is 0 Å². The lowest BCUT2D eigenvalue weighted by Crippen LogP contribution is -2.39. The number of carbonyl (C=O) groups excluding carboxylic acids is 2. The van der Waals surface area contributed by atoms with E-state index in [0.717, 1.165) is 42.9 Å². The summed E-state index contributed by atoms with van der Waals surface area (Å²) in [5.74, 6) is 5.34. The fourth-order valence-electron chi connectivity index (χ4n) is 6.77. The summed E-state index contributed by atoms with van der Waals surface area (Å²) in [7, 11) is 1.44. The molecule has 0 N–H and O–H groups in total. The molecule has 3 nitrogen and oxygen atoms in total. The first kappa shape index (κ1) is 17.3. The molecule has 6 bridgehead atoms. The molecule has 3 heteroatoms. The highest BCUT2D eigenvalue weighted by atomic mass is 16.5. The number of esters is 1. The van der Waals surface area contributed by atoms with Crippen molar-refractivity contribution in [1.29, 1.82) is 0 Å². The lowest BCUT2D eigenvalue weighted by atomic mass is 9.54. The van der Waals surface area contributed by atoms with Crippen LogP contribution in [0.5, 0.6) is 0 Å². The summed E-state index contributed by atoms with van der Waals surface area (Å²) in [6.45, 7) is 4.25. The van der Waals surface area contributed by atoms with Crippen molar-refractivity contribution in [2.45, 2.75) is 64.2 Å². The highest BCUT2D eigenvalue weighted by Crippen LogP contribution is 2.55. The molecule has 0 aromatic rings. The maximum atomic E-state index is 11.4. The minimum absolute atomic E-state index is 0.0526. The van der Waals surface area contributed by atoms with Crippen LogP contribution in [0.1, 0.15) is 64.2 Å². The molecular formula is C22H32O3. The Bertz CT molecular complexity index is 518. The molecule has 0 saturated heterocycles. The summed E-state index contributed by atoms with van der Waals surface area (Å²) in [6, 6.07) is 0. The number of hydrogen-bond donors (Lipinski definition) is 0. The molecule has 0 spiro atoms. The van der Waals surface area contributed by atoms with Crippen molar-refractivity contribution < 1.29 is 14.3 Å². The molecule has 6 saturated carbocycles. The smallest absolute Gasteiger partial charge is 0.308 e. The number of ketones is 1. The Balaban J connectivity index is 0.000000128. The summed E-state index contributed by atoms with van der Waals surface area (Å²) in [5.41, 5.74) is 1.62. The molecule has 0 aromatic heterocycles. The SMILES string of the molecule is C=C1C2CC3CC(C2)CC1C3.COC(=O)C1CC2CC(=O)C[C@H](C2)C1. The van der Waals surface area contributed by atoms with Crippen LogP contribution in [0.25, 0.3) is 0 Å². The van der Waals surface area contributed by atoms with Gasteiger partial charge in [-0.1, -0.05) is 12.2 Å². The van der Waals surface area contributed by atoms with Crippen molar-refractivity contribution in [1.82, 2.24) is 0 Å². The van der Waals surface area contributed by atoms with Gasteiger partial charge in [-0.25, -0.2) is 0 Å². The lowest BCUT2D eigenvalue weighted by molar-refractivity contribution is -0.149. The Kier molecular flexibility index (Phi) is 4.77. The van der Waals surface area contributed by atoms with Crippen LogP contribution < -0.4 is 0 Å². The van der Waals surface area contributed by atoms with Gasteiger partial charge < -0.3 is 4.74 Å². The standard InChI is InChI=1S/C11H16O3.C11H16/c1-14-11(13)9-3-7-2-8(4-9)6-10(12)5-7;1-7-10-3-8-2-9(5-10)6-11(7)4-8/h7-9H,2-6H2,1H3;8-11H,1-6H2/t7-,8?,9?;/m1./s1. The van der Waals surface area contributed by atoms with Crippen LogP contribution in [0.15, 0.2) is 12.2 Å². The molecule has 0 amide bonds. The average Bonchev–Trinajstić information content (AvgIpc) is 2.57. The van der Waals surface area contributed by atoms with Crippen molar-refractivity contribution in [3.8, 4) is 0 Å². The third-order valence-electron chi connectivity index (χ3n) is 7.66. The van der Waals surface area contributed by atoms with E-state index in [-0.39, 0.29) is 11.9 Å². The normalized spacial score (nSPS) is 44.1. The van der Waals surface area contributed by atoms with Gasteiger partial charge in [0.05, 0.1) is 13.0 Å². The highest BCUT2D eigenvalue weighted by molar-refractivity contribution is 5.80. The molecule has 0 aliphatic heterocycles. The van der Waals surface area contributed by atoms with Crippen LogP contribution in [-0.2, 0) is 14.3 Å². The van der Waals surface area contributed by atoms with E-state index in [2.05, 4.69) is 6.58 Å². The quantitative estimate of drug-likeness (QED) is 0.517. The van der Waals surface area contributed by atoms with Crippen LogP contribution in [0.3, 0.4) is 0 Å². The van der Waals surface area contributed by atoms with Gasteiger partial charge in [-0.15, -0.1) is 0 Å². The van der Waals surface area contributed by atoms with Crippen molar-refractivity contribution in [3.05, 3.63) is 12.2 Å². The summed E-state index contributed by atoms with van der Waals surface area (Å²) in [6.07, 6.45) is 11.7. The number of fused-ring (bicyclic) bond motifs is 2. The first-order chi connectivity index (χ1) is 12.0. The molecule has 0 heterocycles. The van der Waals surface area contributed by atoms with E-state index in [1.54, 1.807) is 12.0 Å². The van der Waals surface area contributed by atoms with Gasteiger partial charge in [-0.05, 0) is 86.9 Å². The van der Waals surface area contributed by atoms with E-state index < -0.39 is 0 Å². The van der Waals surface area contributed by atoms with E-state index in [0.29, 0.717) is 30.5 Å². The third-order valence-corrected chi connectivity index (χ3v) is 7.66. The van der Waals surface area contributed by atoms with Crippen molar-refractivity contribution in [3.63, 3.8) is 0 Å². The molecule has 25 heavy (non-hydrogen) atoms. The summed E-state index contributed by atoms with van der Waals surface area (Å²) >= 11 is 0. The van der Waals surface area contributed by atoms with Crippen LogP contribution in [-0.4, -0.2) is 18.9 Å². The molecule has 0 aromatic carbocycles. The zero-order valence-corrected chi connectivity index (χ0v) is 15.5. The van der Waals surface area contributed by atoms with Crippen molar-refractivity contribution >= 4 is 11.8 Å². The van der Waals surface area contributed by atoms with E-state index in [4.69, 9.17) is 4.74 Å². The minimum Gasteiger partial charge on any atom is -0.469 e. The van der Waals surface area contributed by atoms with Gasteiger partial charge in [0.25, 0.3) is 0 Å². The first-order valence-electron chi connectivity index (χ1n) is 10.3. The summed E-state index contributed by atoms with van der Waals surface area (Å²) in [5, 5.41) is 0. The van der Waals surface area contributed by atoms with E-state index >= 15 is 0 Å². The Morgan fingerprint density at radius 3 is 1.80 bits per heavy atom. The second-order valence-corrected chi connectivity index (χ2v) is 9.49. The Hall–Kier alpha value is -1.12. The molecule has 6 aliphatic carbocycles. The molecule has 2 unspecified atom stereocenters. The van der Waals surface area contributed by atoms with Gasteiger partial charge in [0.2, 0.25) is 0 Å². The monoisotopic (exact) mass is 344 g/mol. The third kappa shape index (κ3) is 3.57. The number of Topliss-reactive ketones (excluding diaryl/α,β-unsaturated/α-hetero) is 1. The zero-order chi connectivity index (χ0) is 17.6. The minimum atomic E-state index is -0.0888. The molecular weight excluding hydrogens is 312 g/mol. The average molecular weight is 344 g/mol. The maximum Gasteiger partial charge on any atom is 0.308 e. The van der Waals surface area contributed by atoms with Crippen LogP contribution in [0.4, 0.5) is 0 Å². The second kappa shape index (κ2) is 6.89. The topological polar surface area (TPSA) is 43.4 Å². The molecule has 138 valence electrons. The molecule has 0 radical (unpaired) electrons. The Labute approximate surface area is 151 Å². The van der Waals surface area contributed by atoms with Crippen LogP contribution in [0, 0.1) is 41.4 Å². The van der Waals surface area contributed by atoms with Crippen molar-refractivity contribution in [2.24, 2.45) is 41.4 Å². The van der Waals surface area contributed by atoms with Gasteiger partial charge in [0.1, 0.15) is 5.78 Å². The summed E-state index contributed by atoms with van der Waals surface area (Å²) < 4.78 is 4.76. The van der Waals surface area contributed by atoms with Gasteiger partial charge in [-0.2, -0.15) is 0 Å². The zero-order valence-electron chi connectivity index (χ0n) is 15.5. The fourth-order valence-corrected chi connectivity index (χ4v) is 6.77. The largest absolute Gasteiger partial charge is 0.469 e. The number of allylic oxidation sites excluding steroid dienone is 1. The van der Waals surface area contributed by atoms with Gasteiger partial charge in [0, 0.05) is 12.8 Å². The second-order valence-electron chi connectivity index (χ2n) is 9.49. The van der Waals surface area contributed by atoms with Gasteiger partial charge in [0.15, 0.2) is 0 Å². The molecule has 6 rings (SSSR count). The first-order valence-corrected chi connectivity index (χ1v) is 10.3. The number of ether oxygens (including phenoxy) is 1. The van der Waals surface area contributed by atoms with E-state index in [1.165, 1.54) is 32.8 Å². The summed E-state index contributed by atoms with van der Waals surface area (Å²) in [4.78, 5) is 22.7. The molecule has 6 fully saturated rings. The number of hydrogen-bond acceptors (Lipinski definition) is 3. The van der Waals surface area contributed by atoms with E-state index in [1.807, 2.05) is 0 Å². The lowest BCUT2D eigenvalue weighted by Gasteiger charge is -2.51. The maximum absolute atomic E-state index is 11.4. The number of rotatable bonds is 1. The number of methoxy groups -OCH3 is 1. The van der Waals surface area contributed by atoms with Gasteiger partial charge >= 0.3 is 5.97 Å². The van der Waals surface area contributed by atoms with E-state index in [9.17, 15) is 9.59 Å². The van der Waals surface area contributed by atoms with Crippen molar-refractivity contribution in [2.75, 3.05) is 7.11 Å². The fraction of sp³-hybridized carbons (Fsp3) is 0.818. The number of carbonyl (C=O) groups is 2. The molecule has 3 atom stereocenters. The highest BCUT2D eigenvalue weighted by Gasteiger charge is 2.44. The van der Waals surface area contributed by atoms with Crippen LogP contribution >= 0.6 is 0 Å². The molecule has 6 aliphatic rings. The van der Waals surface area contributed by atoms with Gasteiger partial charge in [-0.3, -0.25) is 9.59 Å². The predicted octanol–water partition coefficient (Wildman–Crippen LogP) is 4.55. The Morgan fingerprint density at radius 2 is 1.32 bits per heavy atom. The predicted molar refractivity (Wildman–Crippen MR) is 96.8 cm³/mol.